The van der Waals surface area contributed by atoms with Crippen molar-refractivity contribution < 1.29 is 26.4 Å². The third-order valence-corrected chi connectivity index (χ3v) is 6.64. The van der Waals surface area contributed by atoms with Gasteiger partial charge in [-0.3, -0.25) is 4.79 Å². The standard InChI is InChI=1S/C18H19F3N2O3S/c19-18(20,21)17(24)22-12-13-7-9-23(10-8-13)27(25,26)16-6-5-14-3-1-2-4-15(14)11-16/h1-6,11,13H,7-10,12H2,(H,22,24). The van der Waals surface area contributed by atoms with Crippen molar-refractivity contribution in [1.29, 1.82) is 0 Å². The van der Waals surface area contributed by atoms with Crippen LogP contribution < -0.4 is 5.32 Å². The average Bonchev–Trinajstić information content (AvgIpc) is 2.65. The van der Waals surface area contributed by atoms with Gasteiger partial charge in [-0.15, -0.1) is 0 Å². The third kappa shape index (κ3) is 4.41. The van der Waals surface area contributed by atoms with Gasteiger partial charge in [-0.2, -0.15) is 17.5 Å². The highest BCUT2D eigenvalue weighted by Crippen LogP contribution is 2.26. The normalized spacial score (nSPS) is 17.1. The number of benzene rings is 2. The molecule has 0 atom stereocenters. The molecule has 3 rings (SSSR count). The zero-order chi connectivity index (χ0) is 19.7. The topological polar surface area (TPSA) is 66.5 Å². The molecule has 1 aliphatic heterocycles. The molecule has 9 heteroatoms. The van der Waals surface area contributed by atoms with Crippen LogP contribution in [-0.4, -0.2) is 44.4 Å². The summed E-state index contributed by atoms with van der Waals surface area (Å²) in [6.07, 6.45) is -4.12. The lowest BCUT2D eigenvalue weighted by molar-refractivity contribution is -0.173. The van der Waals surface area contributed by atoms with Crippen LogP contribution in [0.2, 0.25) is 0 Å². The summed E-state index contributed by atoms with van der Waals surface area (Å²) in [7, 11) is -3.67. The smallest absolute Gasteiger partial charge is 0.348 e. The monoisotopic (exact) mass is 400 g/mol. The number of nitrogens with zero attached hydrogens (tertiary/aromatic N) is 1. The average molecular weight is 400 g/mol. The predicted octanol–water partition coefficient (Wildman–Crippen LogP) is 2.92. The maximum atomic E-state index is 12.8. The number of fused-ring (bicyclic) bond motifs is 1. The van der Waals surface area contributed by atoms with E-state index in [0.717, 1.165) is 10.8 Å². The largest absolute Gasteiger partial charge is 0.471 e. The van der Waals surface area contributed by atoms with Crippen LogP contribution in [-0.2, 0) is 14.8 Å². The molecule has 146 valence electrons. The van der Waals surface area contributed by atoms with Gasteiger partial charge in [0.2, 0.25) is 10.0 Å². The molecule has 2 aromatic rings. The van der Waals surface area contributed by atoms with E-state index in [1.165, 1.54) is 4.31 Å². The van der Waals surface area contributed by atoms with E-state index in [0.29, 0.717) is 12.8 Å². The van der Waals surface area contributed by atoms with Gasteiger partial charge in [-0.05, 0) is 41.7 Å². The number of piperidine rings is 1. The molecule has 27 heavy (non-hydrogen) atoms. The molecule has 0 aromatic heterocycles. The minimum atomic E-state index is -4.90. The van der Waals surface area contributed by atoms with E-state index in [1.807, 2.05) is 29.6 Å². The fourth-order valence-corrected chi connectivity index (χ4v) is 4.67. The van der Waals surface area contributed by atoms with Crippen molar-refractivity contribution in [2.75, 3.05) is 19.6 Å². The van der Waals surface area contributed by atoms with Gasteiger partial charge in [0, 0.05) is 19.6 Å². The van der Waals surface area contributed by atoms with Gasteiger partial charge in [0.05, 0.1) is 4.90 Å². The summed E-state index contributed by atoms with van der Waals surface area (Å²) in [5, 5.41) is 3.63. The second kappa shape index (κ2) is 7.47. The molecule has 0 spiro atoms. The van der Waals surface area contributed by atoms with E-state index in [1.54, 1.807) is 18.2 Å². The number of carbonyl (C=O) groups is 1. The summed E-state index contributed by atoms with van der Waals surface area (Å²) < 4.78 is 63.7. The number of halogens is 3. The Labute approximate surface area is 155 Å². The molecule has 1 heterocycles. The van der Waals surface area contributed by atoms with E-state index in [9.17, 15) is 26.4 Å². The summed E-state index contributed by atoms with van der Waals surface area (Å²) in [5.41, 5.74) is 0. The highest BCUT2D eigenvalue weighted by Gasteiger charge is 2.39. The maximum absolute atomic E-state index is 12.8. The quantitative estimate of drug-likeness (QED) is 0.858. The van der Waals surface area contributed by atoms with Crippen molar-refractivity contribution in [3.8, 4) is 0 Å². The van der Waals surface area contributed by atoms with Crippen molar-refractivity contribution in [3.63, 3.8) is 0 Å². The van der Waals surface area contributed by atoms with E-state index < -0.39 is 22.1 Å². The third-order valence-electron chi connectivity index (χ3n) is 4.74. The molecule has 1 amide bonds. The van der Waals surface area contributed by atoms with Crippen LogP contribution in [0.4, 0.5) is 13.2 Å². The van der Waals surface area contributed by atoms with E-state index in [-0.39, 0.29) is 30.4 Å². The first-order valence-corrected chi connectivity index (χ1v) is 9.96. The molecular weight excluding hydrogens is 381 g/mol. The summed E-state index contributed by atoms with van der Waals surface area (Å²) in [6, 6.07) is 12.4. The molecular formula is C18H19F3N2O3S. The summed E-state index contributed by atoms with van der Waals surface area (Å²) in [4.78, 5) is 11.1. The van der Waals surface area contributed by atoms with Crippen LogP contribution in [0, 0.1) is 5.92 Å². The van der Waals surface area contributed by atoms with Gasteiger partial charge < -0.3 is 5.32 Å². The fourth-order valence-electron chi connectivity index (χ4n) is 3.17. The number of hydrogen-bond donors (Lipinski definition) is 1. The van der Waals surface area contributed by atoms with Crippen molar-refractivity contribution in [1.82, 2.24) is 9.62 Å². The van der Waals surface area contributed by atoms with Crippen LogP contribution in [0.25, 0.3) is 10.8 Å². The van der Waals surface area contributed by atoms with Gasteiger partial charge in [-0.25, -0.2) is 8.42 Å². The Kier molecular flexibility index (Phi) is 5.43. The molecule has 1 N–H and O–H groups in total. The van der Waals surface area contributed by atoms with Crippen LogP contribution in [0.1, 0.15) is 12.8 Å². The van der Waals surface area contributed by atoms with Crippen LogP contribution >= 0.6 is 0 Å². The zero-order valence-corrected chi connectivity index (χ0v) is 15.2. The highest BCUT2D eigenvalue weighted by atomic mass is 32.2. The van der Waals surface area contributed by atoms with Gasteiger partial charge in [0.25, 0.3) is 0 Å². The Morgan fingerprint density at radius 2 is 1.70 bits per heavy atom. The lowest BCUT2D eigenvalue weighted by Gasteiger charge is -2.31. The zero-order valence-electron chi connectivity index (χ0n) is 14.4. The van der Waals surface area contributed by atoms with E-state index >= 15 is 0 Å². The Morgan fingerprint density at radius 3 is 2.33 bits per heavy atom. The molecule has 1 aliphatic rings. The molecule has 0 radical (unpaired) electrons. The SMILES string of the molecule is O=C(NCC1CCN(S(=O)(=O)c2ccc3ccccc3c2)CC1)C(F)(F)F. The van der Waals surface area contributed by atoms with Crippen molar-refractivity contribution >= 4 is 26.7 Å². The number of carbonyl (C=O) groups excluding carboxylic acids is 1. The fraction of sp³-hybridized carbons (Fsp3) is 0.389. The molecule has 5 nitrogen and oxygen atoms in total. The lowest BCUT2D eigenvalue weighted by Crippen LogP contribution is -2.44. The van der Waals surface area contributed by atoms with Gasteiger partial charge >= 0.3 is 12.1 Å². The molecule has 0 bridgehead atoms. The number of rotatable bonds is 4. The second-order valence-electron chi connectivity index (χ2n) is 6.56. The Bertz CT molecular complexity index is 936. The first-order valence-electron chi connectivity index (χ1n) is 8.52. The summed E-state index contributed by atoms with van der Waals surface area (Å²) >= 11 is 0. The number of nitrogens with one attached hydrogen (secondary N) is 1. The van der Waals surface area contributed by atoms with E-state index in [2.05, 4.69) is 0 Å². The lowest BCUT2D eigenvalue weighted by atomic mass is 9.98. The number of alkyl halides is 3. The van der Waals surface area contributed by atoms with Crippen LogP contribution in [0.3, 0.4) is 0 Å². The van der Waals surface area contributed by atoms with Gasteiger partial charge in [0.15, 0.2) is 0 Å². The Balaban J connectivity index is 1.63. The molecule has 1 fully saturated rings. The molecule has 0 aliphatic carbocycles. The Morgan fingerprint density at radius 1 is 1.07 bits per heavy atom. The molecule has 2 aromatic carbocycles. The van der Waals surface area contributed by atoms with Crippen molar-refractivity contribution in [3.05, 3.63) is 42.5 Å². The van der Waals surface area contributed by atoms with Gasteiger partial charge in [0.1, 0.15) is 0 Å². The number of sulfonamides is 1. The first-order chi connectivity index (χ1) is 12.7. The summed E-state index contributed by atoms with van der Waals surface area (Å²) in [5.74, 6) is -2.15. The maximum Gasteiger partial charge on any atom is 0.471 e. The van der Waals surface area contributed by atoms with E-state index in [4.69, 9.17) is 0 Å². The van der Waals surface area contributed by atoms with Crippen LogP contribution in [0.15, 0.2) is 47.4 Å². The van der Waals surface area contributed by atoms with Crippen molar-refractivity contribution in [2.45, 2.75) is 23.9 Å². The first kappa shape index (κ1) is 19.6. The molecule has 0 saturated carbocycles. The molecule has 1 saturated heterocycles. The van der Waals surface area contributed by atoms with Gasteiger partial charge in [-0.1, -0.05) is 30.3 Å². The minimum absolute atomic E-state index is 0.109. The highest BCUT2D eigenvalue weighted by molar-refractivity contribution is 7.89. The predicted molar refractivity (Wildman–Crippen MR) is 94.5 cm³/mol. The van der Waals surface area contributed by atoms with Crippen molar-refractivity contribution in [2.24, 2.45) is 5.92 Å². The Hall–Kier alpha value is -2.13. The minimum Gasteiger partial charge on any atom is -0.348 e. The van der Waals surface area contributed by atoms with Crippen LogP contribution in [0.5, 0.6) is 0 Å². The number of amides is 1. The number of hydrogen-bond acceptors (Lipinski definition) is 3. The summed E-state index contributed by atoms with van der Waals surface area (Å²) in [6.45, 7) is 0.311. The molecule has 0 unspecified atom stereocenters. The second-order valence-corrected chi connectivity index (χ2v) is 8.50.